The van der Waals surface area contributed by atoms with Gasteiger partial charge in [-0.15, -0.1) is 0 Å². The van der Waals surface area contributed by atoms with Crippen LogP contribution in [-0.4, -0.2) is 45.8 Å². The van der Waals surface area contributed by atoms with E-state index in [0.717, 1.165) is 12.1 Å². The van der Waals surface area contributed by atoms with Gasteiger partial charge >= 0.3 is 12.1 Å². The smallest absolute Gasteiger partial charge is 0.388 e. The number of piperidine rings is 2. The summed E-state index contributed by atoms with van der Waals surface area (Å²) < 4.78 is 93.9. The molecule has 190 valence electrons. The van der Waals surface area contributed by atoms with Crippen LogP contribution in [0.15, 0.2) is 24.3 Å². The standard InChI is InChI=1S/C22H21F7N4O2/c23-14-4-3-13(10-15(14)24)33-19(35)2-1-5-20(33)6-8-32(9-7-20)18-11-16(30-17(12-34)31-18)21(25,26)22(27,28)29/h3-4,10-11,34H,1-2,5-9,12H2. The number of aliphatic hydroxyl groups is 1. The van der Waals surface area contributed by atoms with Crippen LogP contribution in [0.25, 0.3) is 0 Å². The van der Waals surface area contributed by atoms with Crippen LogP contribution in [0, 0.1) is 11.6 Å². The van der Waals surface area contributed by atoms with Crippen molar-refractivity contribution < 1.29 is 40.6 Å². The fourth-order valence-corrected chi connectivity index (χ4v) is 4.75. The number of halogens is 7. The zero-order chi connectivity index (χ0) is 25.6. The van der Waals surface area contributed by atoms with E-state index < -0.39 is 47.4 Å². The third-order valence-electron chi connectivity index (χ3n) is 6.51. The Balaban J connectivity index is 1.62. The van der Waals surface area contributed by atoms with Gasteiger partial charge in [0.2, 0.25) is 5.91 Å². The van der Waals surface area contributed by atoms with Gasteiger partial charge in [0.1, 0.15) is 18.1 Å². The summed E-state index contributed by atoms with van der Waals surface area (Å²) in [6, 6.07) is 3.72. The van der Waals surface area contributed by atoms with Gasteiger partial charge in [-0.2, -0.15) is 22.0 Å². The van der Waals surface area contributed by atoms with E-state index in [-0.39, 0.29) is 49.8 Å². The second-order valence-electron chi connectivity index (χ2n) is 8.65. The SMILES string of the molecule is O=C1CCCC2(CCN(c3cc(C(F)(F)C(F)(F)F)nc(CO)n3)CC2)N1c1ccc(F)c(F)c1. The number of carbonyl (C=O) groups is 1. The zero-order valence-corrected chi connectivity index (χ0v) is 18.3. The summed E-state index contributed by atoms with van der Waals surface area (Å²) in [5.74, 6) is -8.48. The lowest BCUT2D eigenvalue weighted by molar-refractivity contribution is -0.291. The van der Waals surface area contributed by atoms with Gasteiger partial charge in [-0.25, -0.2) is 18.7 Å². The number of alkyl halides is 5. The van der Waals surface area contributed by atoms with Crippen molar-refractivity contribution in [2.24, 2.45) is 0 Å². The molecule has 0 unspecified atom stereocenters. The topological polar surface area (TPSA) is 69.6 Å². The number of hydrogen-bond donors (Lipinski definition) is 1. The third-order valence-corrected chi connectivity index (χ3v) is 6.51. The van der Waals surface area contributed by atoms with Crippen molar-refractivity contribution in [1.29, 1.82) is 0 Å². The van der Waals surface area contributed by atoms with Gasteiger partial charge in [-0.1, -0.05) is 0 Å². The van der Waals surface area contributed by atoms with E-state index in [1.165, 1.54) is 15.9 Å². The van der Waals surface area contributed by atoms with Gasteiger partial charge in [0.15, 0.2) is 17.5 Å². The maximum absolute atomic E-state index is 13.9. The Bertz CT molecular complexity index is 1120. The van der Waals surface area contributed by atoms with Gasteiger partial charge in [0, 0.05) is 37.3 Å². The molecule has 2 aromatic rings. The molecule has 35 heavy (non-hydrogen) atoms. The fraction of sp³-hybridized carbons (Fsp3) is 0.500. The van der Waals surface area contributed by atoms with E-state index >= 15 is 0 Å². The van der Waals surface area contributed by atoms with Crippen LogP contribution in [0.5, 0.6) is 0 Å². The maximum Gasteiger partial charge on any atom is 0.459 e. The lowest BCUT2D eigenvalue weighted by atomic mass is 9.78. The van der Waals surface area contributed by atoms with Crippen LogP contribution in [0.3, 0.4) is 0 Å². The highest BCUT2D eigenvalue weighted by molar-refractivity contribution is 5.95. The molecule has 13 heteroatoms. The predicted octanol–water partition coefficient (Wildman–Crippen LogP) is 4.46. The number of aliphatic hydroxyl groups excluding tert-OH is 1. The first-order chi connectivity index (χ1) is 16.4. The number of amides is 1. The number of rotatable bonds is 4. The highest BCUT2D eigenvalue weighted by atomic mass is 19.4. The molecule has 0 atom stereocenters. The molecular weight excluding hydrogens is 485 g/mol. The molecule has 6 nitrogen and oxygen atoms in total. The molecule has 0 aliphatic carbocycles. The summed E-state index contributed by atoms with van der Waals surface area (Å²) in [4.78, 5) is 22.8. The van der Waals surface area contributed by atoms with Crippen molar-refractivity contribution in [3.05, 3.63) is 47.4 Å². The zero-order valence-electron chi connectivity index (χ0n) is 18.3. The maximum atomic E-state index is 13.9. The summed E-state index contributed by atoms with van der Waals surface area (Å²) in [7, 11) is 0. The Morgan fingerprint density at radius 1 is 0.971 bits per heavy atom. The molecule has 1 spiro atoms. The molecule has 0 bridgehead atoms. The van der Waals surface area contributed by atoms with Crippen LogP contribution in [0.2, 0.25) is 0 Å². The molecule has 0 radical (unpaired) electrons. The summed E-state index contributed by atoms with van der Waals surface area (Å²) in [5, 5.41) is 9.31. The molecule has 0 saturated carbocycles. The van der Waals surface area contributed by atoms with Crippen LogP contribution in [0.1, 0.15) is 43.6 Å². The van der Waals surface area contributed by atoms with Crippen LogP contribution in [0.4, 0.5) is 42.2 Å². The molecule has 1 N–H and O–H groups in total. The molecule has 2 saturated heterocycles. The number of nitrogens with zero attached hydrogens (tertiary/aromatic N) is 4. The Morgan fingerprint density at radius 2 is 1.66 bits per heavy atom. The fourth-order valence-electron chi connectivity index (χ4n) is 4.75. The highest BCUT2D eigenvalue weighted by Gasteiger charge is 2.60. The lowest BCUT2D eigenvalue weighted by Crippen LogP contribution is -2.60. The van der Waals surface area contributed by atoms with Gasteiger partial charge in [0.05, 0.1) is 5.54 Å². The van der Waals surface area contributed by atoms with Crippen molar-refractivity contribution in [2.75, 3.05) is 22.9 Å². The molecule has 3 heterocycles. The van der Waals surface area contributed by atoms with Crippen LogP contribution in [-0.2, 0) is 17.3 Å². The summed E-state index contributed by atoms with van der Waals surface area (Å²) in [6.07, 6.45) is -4.00. The number of hydrogen-bond acceptors (Lipinski definition) is 5. The quantitative estimate of drug-likeness (QED) is 0.621. The first-order valence-corrected chi connectivity index (χ1v) is 10.8. The van der Waals surface area contributed by atoms with E-state index in [2.05, 4.69) is 9.97 Å². The van der Waals surface area contributed by atoms with Gasteiger partial charge in [-0.3, -0.25) is 4.79 Å². The van der Waals surface area contributed by atoms with Crippen molar-refractivity contribution in [2.45, 2.75) is 56.3 Å². The summed E-state index contributed by atoms with van der Waals surface area (Å²) in [6.45, 7) is -0.677. The monoisotopic (exact) mass is 506 g/mol. The normalized spacial score (nSPS) is 18.9. The number of carbonyl (C=O) groups excluding carboxylic acids is 1. The minimum atomic E-state index is -5.88. The highest BCUT2D eigenvalue weighted by Crippen LogP contribution is 2.45. The number of aromatic nitrogens is 2. The largest absolute Gasteiger partial charge is 0.459 e. The molecule has 1 amide bonds. The molecule has 2 fully saturated rings. The minimum absolute atomic E-state index is 0.131. The van der Waals surface area contributed by atoms with Crippen molar-refractivity contribution >= 4 is 17.4 Å². The molecule has 1 aromatic carbocycles. The van der Waals surface area contributed by atoms with Crippen molar-refractivity contribution in [3.8, 4) is 0 Å². The number of anilines is 2. The van der Waals surface area contributed by atoms with Crippen molar-refractivity contribution in [1.82, 2.24) is 9.97 Å². The molecule has 4 rings (SSSR count). The third kappa shape index (κ3) is 4.53. The Morgan fingerprint density at radius 3 is 2.26 bits per heavy atom. The minimum Gasteiger partial charge on any atom is -0.388 e. The Kier molecular flexibility index (Phi) is 6.41. The first kappa shape index (κ1) is 25.1. The molecular formula is C22H21F7N4O2. The van der Waals surface area contributed by atoms with E-state index in [1.807, 2.05) is 0 Å². The van der Waals surface area contributed by atoms with E-state index in [0.29, 0.717) is 18.9 Å². The Hall–Kier alpha value is -2.96. The second-order valence-corrected chi connectivity index (χ2v) is 8.65. The average molecular weight is 506 g/mol. The van der Waals surface area contributed by atoms with Gasteiger partial charge in [0.25, 0.3) is 0 Å². The molecule has 2 aliphatic rings. The van der Waals surface area contributed by atoms with E-state index in [1.54, 1.807) is 0 Å². The van der Waals surface area contributed by atoms with Crippen LogP contribution >= 0.6 is 0 Å². The lowest BCUT2D eigenvalue weighted by Gasteiger charge is -2.51. The summed E-state index contributed by atoms with van der Waals surface area (Å²) >= 11 is 0. The number of benzene rings is 1. The van der Waals surface area contributed by atoms with E-state index in [9.17, 15) is 40.6 Å². The Labute approximate surface area is 195 Å². The van der Waals surface area contributed by atoms with Crippen molar-refractivity contribution in [3.63, 3.8) is 0 Å². The molecule has 1 aromatic heterocycles. The van der Waals surface area contributed by atoms with Gasteiger partial charge in [-0.05, 0) is 37.8 Å². The predicted molar refractivity (Wildman–Crippen MR) is 110 cm³/mol. The second kappa shape index (κ2) is 8.92. The average Bonchev–Trinajstić information content (AvgIpc) is 2.80. The molecule has 2 aliphatic heterocycles. The summed E-state index contributed by atoms with van der Waals surface area (Å²) in [5.41, 5.74) is -2.14. The first-order valence-electron chi connectivity index (χ1n) is 10.8. The van der Waals surface area contributed by atoms with E-state index in [4.69, 9.17) is 0 Å². The van der Waals surface area contributed by atoms with Crippen LogP contribution < -0.4 is 9.80 Å². The van der Waals surface area contributed by atoms with Gasteiger partial charge < -0.3 is 14.9 Å².